The topological polar surface area (TPSA) is 0 Å². The van der Waals surface area contributed by atoms with E-state index in [-0.39, 0.29) is 0 Å². The van der Waals surface area contributed by atoms with Gasteiger partial charge in [-0.2, -0.15) is 0 Å². The fraction of sp³-hybridized carbons (Fsp3) is 0.0625. The Labute approximate surface area is 231 Å². The van der Waals surface area contributed by atoms with Crippen molar-refractivity contribution in [3.05, 3.63) is 132 Å². The van der Waals surface area contributed by atoms with Crippen molar-refractivity contribution in [1.82, 2.24) is 0 Å². The van der Waals surface area contributed by atoms with Crippen LogP contribution in [0.1, 0.15) is 11.1 Å². The fourth-order valence-corrected chi connectivity index (χ4v) is 6.75. The summed E-state index contributed by atoms with van der Waals surface area (Å²) in [5.41, 5.74) is 2.59. The van der Waals surface area contributed by atoms with Gasteiger partial charge in [0.1, 0.15) is 0 Å². The largest absolute Gasteiger partial charge is 0.0901 e. The van der Waals surface area contributed by atoms with E-state index in [2.05, 4.69) is 135 Å². The van der Waals surface area contributed by atoms with Gasteiger partial charge < -0.3 is 0 Å². The summed E-state index contributed by atoms with van der Waals surface area (Å²) in [6.07, 6.45) is 0. The van der Waals surface area contributed by atoms with Gasteiger partial charge in [-0.25, -0.2) is 0 Å². The van der Waals surface area contributed by atoms with E-state index < -0.39 is 0 Å². The zero-order valence-corrected chi connectivity index (χ0v) is 23.4. The zero-order chi connectivity index (χ0) is 24.7. The number of rotatable bonds is 8. The monoisotopic (exact) mass is 538 g/mol. The molecule has 0 aromatic heterocycles. The van der Waals surface area contributed by atoms with Gasteiger partial charge in [0.05, 0.1) is 0 Å². The molecule has 5 aromatic carbocycles. The lowest BCUT2D eigenvalue weighted by Gasteiger charge is -2.07. The van der Waals surface area contributed by atoms with Crippen molar-refractivity contribution in [3.8, 4) is 0 Å². The molecule has 0 radical (unpaired) electrons. The first-order valence-electron chi connectivity index (χ1n) is 11.7. The summed E-state index contributed by atoms with van der Waals surface area (Å²) < 4.78 is 0. The summed E-state index contributed by atoms with van der Waals surface area (Å²) in [6.45, 7) is 4.24. The van der Waals surface area contributed by atoms with Crippen molar-refractivity contribution >= 4 is 47.0 Å². The molecule has 5 rings (SSSR count). The van der Waals surface area contributed by atoms with E-state index >= 15 is 0 Å². The molecule has 0 aliphatic rings. The molecule has 0 spiro atoms. The highest BCUT2D eigenvalue weighted by atomic mass is 32.2. The lowest BCUT2D eigenvalue weighted by Crippen LogP contribution is -1.79. The molecule has 0 atom stereocenters. The maximum atomic E-state index is 2.21. The van der Waals surface area contributed by atoms with Gasteiger partial charge in [-0.05, 0) is 111 Å². The number of hydrogen-bond acceptors (Lipinski definition) is 4. The van der Waals surface area contributed by atoms with Gasteiger partial charge in [0.15, 0.2) is 0 Å². The first kappa shape index (κ1) is 25.2. The Balaban J connectivity index is 1.14. The van der Waals surface area contributed by atoms with Gasteiger partial charge in [0, 0.05) is 39.2 Å². The van der Waals surface area contributed by atoms with Crippen LogP contribution in [0.25, 0.3) is 0 Å². The molecule has 0 bridgehead atoms. The molecule has 0 N–H and O–H groups in total. The third-order valence-electron chi connectivity index (χ3n) is 5.46. The van der Waals surface area contributed by atoms with Gasteiger partial charge in [0.25, 0.3) is 0 Å². The minimum Gasteiger partial charge on any atom is -0.0901 e. The van der Waals surface area contributed by atoms with Crippen LogP contribution in [0, 0.1) is 13.8 Å². The van der Waals surface area contributed by atoms with Crippen LogP contribution in [0.5, 0.6) is 0 Å². The average Bonchev–Trinajstić information content (AvgIpc) is 2.90. The van der Waals surface area contributed by atoms with E-state index in [0.717, 1.165) is 0 Å². The fourth-order valence-electron chi connectivity index (χ4n) is 3.48. The summed E-state index contributed by atoms with van der Waals surface area (Å²) >= 11 is 7.21. The normalized spacial score (nSPS) is 10.9. The second-order valence-corrected chi connectivity index (χ2v) is 13.0. The molecule has 5 aromatic rings. The Morgan fingerprint density at radius 3 is 0.556 bits per heavy atom. The predicted molar refractivity (Wildman–Crippen MR) is 158 cm³/mol. The summed E-state index contributed by atoms with van der Waals surface area (Å²) in [5, 5.41) is 0. The molecule has 36 heavy (non-hydrogen) atoms. The maximum absolute atomic E-state index is 2.21. The van der Waals surface area contributed by atoms with Gasteiger partial charge in [-0.15, -0.1) is 0 Å². The minimum absolute atomic E-state index is 1.25. The number of benzene rings is 5. The highest BCUT2D eigenvalue weighted by molar-refractivity contribution is 8.00. The third kappa shape index (κ3) is 7.27. The van der Waals surface area contributed by atoms with Crippen molar-refractivity contribution in [1.29, 1.82) is 0 Å². The lowest BCUT2D eigenvalue weighted by atomic mass is 10.2. The summed E-state index contributed by atoms with van der Waals surface area (Å²) in [6, 6.07) is 43.9. The summed E-state index contributed by atoms with van der Waals surface area (Å²) in [7, 11) is 0. The van der Waals surface area contributed by atoms with Gasteiger partial charge >= 0.3 is 0 Å². The highest BCUT2D eigenvalue weighted by Gasteiger charge is 2.03. The number of aryl methyl sites for hydroxylation is 2. The van der Waals surface area contributed by atoms with E-state index in [4.69, 9.17) is 0 Å². The lowest BCUT2D eigenvalue weighted by molar-refractivity contribution is 1.30. The van der Waals surface area contributed by atoms with Crippen molar-refractivity contribution in [2.24, 2.45) is 0 Å². The molecule has 178 valence electrons. The molecule has 0 aliphatic heterocycles. The quantitative estimate of drug-likeness (QED) is 0.193. The number of hydrogen-bond donors (Lipinski definition) is 0. The van der Waals surface area contributed by atoms with Crippen LogP contribution in [0.2, 0.25) is 0 Å². The Kier molecular flexibility index (Phi) is 8.50. The third-order valence-corrected chi connectivity index (χ3v) is 9.52. The smallest absolute Gasteiger partial charge is 0.0123 e. The van der Waals surface area contributed by atoms with E-state index in [0.29, 0.717) is 0 Å². The molecule has 0 fully saturated rings. The predicted octanol–water partition coefficient (Wildman–Crippen LogP) is 10.9. The van der Waals surface area contributed by atoms with Gasteiger partial charge in [-0.1, -0.05) is 82.4 Å². The molecule has 0 saturated carbocycles. The maximum Gasteiger partial charge on any atom is 0.0123 e. The van der Waals surface area contributed by atoms with Crippen LogP contribution in [0.15, 0.2) is 160 Å². The molecule has 0 saturated heterocycles. The van der Waals surface area contributed by atoms with Crippen LogP contribution in [0.4, 0.5) is 0 Å². The van der Waals surface area contributed by atoms with E-state index in [1.807, 2.05) is 0 Å². The standard InChI is InChI=1S/C32H26S4/c1-23-3-7-25(8-4-23)33-27-11-15-29(16-12-27)35-31-19-21-32(22-20-31)36-30-17-13-28(14-18-30)34-26-9-5-24(2)6-10-26/h3-22H,1-2H3. The molecular weight excluding hydrogens is 513 g/mol. The Morgan fingerprint density at radius 1 is 0.250 bits per heavy atom. The Bertz CT molecular complexity index is 1280. The van der Waals surface area contributed by atoms with Crippen LogP contribution in [-0.4, -0.2) is 0 Å². The molecule has 0 heterocycles. The molecule has 4 heteroatoms. The minimum atomic E-state index is 1.25. The van der Waals surface area contributed by atoms with Crippen molar-refractivity contribution in [2.45, 2.75) is 53.0 Å². The molecule has 0 aliphatic carbocycles. The van der Waals surface area contributed by atoms with Crippen LogP contribution < -0.4 is 0 Å². The zero-order valence-electron chi connectivity index (χ0n) is 20.2. The Hall–Kier alpha value is -2.50. The van der Waals surface area contributed by atoms with Gasteiger partial charge in [0.2, 0.25) is 0 Å². The van der Waals surface area contributed by atoms with Gasteiger partial charge in [-0.3, -0.25) is 0 Å². The molecule has 0 amide bonds. The average molecular weight is 539 g/mol. The van der Waals surface area contributed by atoms with Crippen molar-refractivity contribution in [2.75, 3.05) is 0 Å². The summed E-state index contributed by atoms with van der Waals surface area (Å²) in [4.78, 5) is 10.1. The second-order valence-electron chi connectivity index (χ2n) is 8.45. The highest BCUT2D eigenvalue weighted by Crippen LogP contribution is 2.35. The summed E-state index contributed by atoms with van der Waals surface area (Å²) in [5.74, 6) is 0. The first-order chi connectivity index (χ1) is 17.6. The SMILES string of the molecule is Cc1ccc(Sc2ccc(Sc3ccc(Sc4ccc(Sc5ccc(C)cc5)cc4)cc3)cc2)cc1. The van der Waals surface area contributed by atoms with E-state index in [1.165, 1.54) is 50.3 Å². The molecule has 0 nitrogen and oxygen atoms in total. The van der Waals surface area contributed by atoms with Crippen LogP contribution >= 0.6 is 47.0 Å². The van der Waals surface area contributed by atoms with Crippen LogP contribution in [-0.2, 0) is 0 Å². The second kappa shape index (κ2) is 12.2. The van der Waals surface area contributed by atoms with E-state index in [1.54, 1.807) is 47.0 Å². The molecule has 0 unspecified atom stereocenters. The van der Waals surface area contributed by atoms with E-state index in [9.17, 15) is 0 Å². The Morgan fingerprint density at radius 2 is 0.389 bits per heavy atom. The first-order valence-corrected chi connectivity index (χ1v) is 15.0. The van der Waals surface area contributed by atoms with Crippen LogP contribution in [0.3, 0.4) is 0 Å². The molecular formula is C32H26S4. The van der Waals surface area contributed by atoms with Crippen molar-refractivity contribution in [3.63, 3.8) is 0 Å². The van der Waals surface area contributed by atoms with Crippen molar-refractivity contribution < 1.29 is 0 Å².